The average molecular weight is 310 g/mol. The van der Waals surface area contributed by atoms with Crippen molar-refractivity contribution in [1.82, 2.24) is 9.55 Å². The number of sulfonamides is 1. The molecule has 0 saturated carbocycles. The predicted octanol–water partition coefficient (Wildman–Crippen LogP) is 1.34. The van der Waals surface area contributed by atoms with Crippen LogP contribution in [0.1, 0.15) is 12.5 Å². The lowest BCUT2D eigenvalue weighted by Gasteiger charge is -2.07. The Hall–Kier alpha value is -1.93. The van der Waals surface area contributed by atoms with Crippen LogP contribution in [0.25, 0.3) is 0 Å². The lowest BCUT2D eigenvalue weighted by molar-refractivity contribution is 0.598. The molecule has 0 bridgehead atoms. The van der Waals surface area contributed by atoms with Gasteiger partial charge in [-0.1, -0.05) is 24.4 Å². The van der Waals surface area contributed by atoms with Gasteiger partial charge in [0.05, 0.1) is 6.33 Å². The molecule has 1 aromatic carbocycles. The van der Waals surface area contributed by atoms with Crippen molar-refractivity contribution in [3.8, 4) is 0 Å². The van der Waals surface area contributed by atoms with Gasteiger partial charge < -0.3 is 10.3 Å². The van der Waals surface area contributed by atoms with E-state index in [2.05, 4.69) is 9.71 Å². The number of aromatic nitrogens is 2. The maximum Gasteiger partial charge on any atom is 0.280 e. The van der Waals surface area contributed by atoms with Crippen LogP contribution in [0.15, 0.2) is 41.8 Å². The Kier molecular flexibility index (Phi) is 4.05. The molecular formula is C12H14N4O2S2. The molecule has 6 nitrogen and oxygen atoms in total. The second kappa shape index (κ2) is 5.59. The third kappa shape index (κ3) is 3.14. The van der Waals surface area contributed by atoms with Crippen molar-refractivity contribution in [3.63, 3.8) is 0 Å². The monoisotopic (exact) mass is 310 g/mol. The topological polar surface area (TPSA) is 90.0 Å². The van der Waals surface area contributed by atoms with Crippen molar-refractivity contribution in [3.05, 3.63) is 42.4 Å². The third-order valence-electron chi connectivity index (χ3n) is 2.65. The van der Waals surface area contributed by atoms with Crippen molar-refractivity contribution in [2.45, 2.75) is 18.5 Å². The Labute approximate surface area is 122 Å². The summed E-state index contributed by atoms with van der Waals surface area (Å²) in [6, 6.07) is 6.59. The molecule has 20 heavy (non-hydrogen) atoms. The van der Waals surface area contributed by atoms with E-state index in [-0.39, 0.29) is 10.0 Å². The standard InChI is InChI=1S/C12H14N4O2S2/c1-2-16-7-11(14-8-16)20(17,18)15-10-5-3-4-9(6-10)12(13)19/h3-8,15H,2H2,1H3,(H2,13,19). The summed E-state index contributed by atoms with van der Waals surface area (Å²) in [4.78, 5) is 4.08. The van der Waals surface area contributed by atoms with Crippen LogP contribution in [-0.4, -0.2) is 23.0 Å². The van der Waals surface area contributed by atoms with Gasteiger partial charge in [-0.3, -0.25) is 4.72 Å². The van der Waals surface area contributed by atoms with Crippen molar-refractivity contribution < 1.29 is 8.42 Å². The van der Waals surface area contributed by atoms with Crippen LogP contribution < -0.4 is 10.5 Å². The third-order valence-corrected chi connectivity index (χ3v) is 4.15. The molecule has 0 aliphatic rings. The number of aryl methyl sites for hydroxylation is 1. The highest BCUT2D eigenvalue weighted by molar-refractivity contribution is 7.92. The average Bonchev–Trinajstić information content (AvgIpc) is 2.88. The summed E-state index contributed by atoms with van der Waals surface area (Å²) >= 11 is 4.86. The summed E-state index contributed by atoms with van der Waals surface area (Å²) < 4.78 is 28.5. The van der Waals surface area contributed by atoms with E-state index in [1.165, 1.54) is 12.5 Å². The Balaban J connectivity index is 2.28. The number of nitrogens with zero attached hydrogens (tertiary/aromatic N) is 2. The molecule has 0 atom stereocenters. The second-order valence-electron chi connectivity index (χ2n) is 4.09. The summed E-state index contributed by atoms with van der Waals surface area (Å²) in [5.41, 5.74) is 6.50. The maximum absolute atomic E-state index is 12.2. The molecule has 0 spiro atoms. The number of anilines is 1. The lowest BCUT2D eigenvalue weighted by atomic mass is 10.2. The lowest BCUT2D eigenvalue weighted by Crippen LogP contribution is -2.15. The number of benzene rings is 1. The van der Waals surface area contributed by atoms with E-state index in [0.29, 0.717) is 17.8 Å². The molecule has 0 amide bonds. The first-order chi connectivity index (χ1) is 9.42. The van der Waals surface area contributed by atoms with Crippen LogP contribution >= 0.6 is 12.2 Å². The zero-order valence-corrected chi connectivity index (χ0v) is 12.4. The minimum atomic E-state index is -3.71. The van der Waals surface area contributed by atoms with Gasteiger partial charge in [-0.25, -0.2) is 4.98 Å². The highest BCUT2D eigenvalue weighted by Crippen LogP contribution is 2.16. The van der Waals surface area contributed by atoms with E-state index in [9.17, 15) is 8.42 Å². The van der Waals surface area contributed by atoms with Crippen LogP contribution in [0, 0.1) is 0 Å². The minimum Gasteiger partial charge on any atom is -0.389 e. The molecule has 0 unspecified atom stereocenters. The van der Waals surface area contributed by atoms with Crippen molar-refractivity contribution in [2.75, 3.05) is 4.72 Å². The van der Waals surface area contributed by atoms with Gasteiger partial charge in [0.2, 0.25) is 0 Å². The van der Waals surface area contributed by atoms with Gasteiger partial charge in [-0.15, -0.1) is 0 Å². The molecule has 0 saturated heterocycles. The fourth-order valence-corrected chi connectivity index (χ4v) is 2.72. The zero-order chi connectivity index (χ0) is 14.8. The summed E-state index contributed by atoms with van der Waals surface area (Å²) in [5, 5.41) is -0.0277. The smallest absolute Gasteiger partial charge is 0.280 e. The normalized spacial score (nSPS) is 11.2. The molecule has 3 N–H and O–H groups in total. The summed E-state index contributed by atoms with van der Waals surface area (Å²) in [6.45, 7) is 2.55. The molecule has 1 aromatic heterocycles. The zero-order valence-electron chi connectivity index (χ0n) is 10.8. The maximum atomic E-state index is 12.2. The highest BCUT2D eigenvalue weighted by atomic mass is 32.2. The Morgan fingerprint density at radius 1 is 1.50 bits per heavy atom. The van der Waals surface area contributed by atoms with E-state index in [4.69, 9.17) is 18.0 Å². The molecule has 106 valence electrons. The van der Waals surface area contributed by atoms with E-state index < -0.39 is 10.0 Å². The molecule has 2 aromatic rings. The van der Waals surface area contributed by atoms with Crippen molar-refractivity contribution in [1.29, 1.82) is 0 Å². The molecule has 0 aliphatic heterocycles. The van der Waals surface area contributed by atoms with E-state index >= 15 is 0 Å². The fraction of sp³-hybridized carbons (Fsp3) is 0.167. The van der Waals surface area contributed by atoms with Gasteiger partial charge in [0, 0.05) is 24.0 Å². The number of nitrogens with two attached hydrogens (primary N) is 1. The molecule has 1 heterocycles. The SMILES string of the molecule is CCn1cnc(S(=O)(=O)Nc2cccc(C(N)=S)c2)c1. The molecule has 8 heteroatoms. The first-order valence-electron chi connectivity index (χ1n) is 5.87. The summed E-state index contributed by atoms with van der Waals surface area (Å²) in [5.74, 6) is 0. The van der Waals surface area contributed by atoms with Crippen LogP contribution in [0.3, 0.4) is 0 Å². The largest absolute Gasteiger partial charge is 0.389 e. The number of rotatable bonds is 5. The first kappa shape index (κ1) is 14.5. The summed E-state index contributed by atoms with van der Waals surface area (Å²) in [6.07, 6.45) is 2.94. The molecular weight excluding hydrogens is 296 g/mol. The van der Waals surface area contributed by atoms with Crippen molar-refractivity contribution in [2.24, 2.45) is 5.73 Å². The predicted molar refractivity (Wildman–Crippen MR) is 81.0 cm³/mol. The molecule has 2 rings (SSSR count). The van der Waals surface area contributed by atoms with Gasteiger partial charge in [0.1, 0.15) is 4.99 Å². The Morgan fingerprint density at radius 2 is 2.25 bits per heavy atom. The van der Waals surface area contributed by atoms with Crippen molar-refractivity contribution >= 4 is 32.9 Å². The summed E-state index contributed by atoms with van der Waals surface area (Å²) in [7, 11) is -3.71. The Bertz CT molecular complexity index is 737. The van der Waals surface area contributed by atoms with E-state index in [1.54, 1.807) is 28.8 Å². The van der Waals surface area contributed by atoms with Crippen LogP contribution in [-0.2, 0) is 16.6 Å². The molecule has 0 aliphatic carbocycles. The molecule has 0 radical (unpaired) electrons. The van der Waals surface area contributed by atoms with E-state index in [0.717, 1.165) is 0 Å². The van der Waals surface area contributed by atoms with Gasteiger partial charge in [-0.05, 0) is 19.1 Å². The number of hydrogen-bond acceptors (Lipinski definition) is 4. The number of hydrogen-bond donors (Lipinski definition) is 2. The van der Waals surface area contributed by atoms with Gasteiger partial charge in [0.25, 0.3) is 10.0 Å². The number of imidazole rings is 1. The number of nitrogens with one attached hydrogen (secondary N) is 1. The van der Waals surface area contributed by atoms with Gasteiger partial charge >= 0.3 is 0 Å². The van der Waals surface area contributed by atoms with Crippen LogP contribution in [0.4, 0.5) is 5.69 Å². The minimum absolute atomic E-state index is 0.0277. The fourth-order valence-electron chi connectivity index (χ4n) is 1.59. The Morgan fingerprint density at radius 3 is 2.85 bits per heavy atom. The van der Waals surface area contributed by atoms with Gasteiger partial charge in [-0.2, -0.15) is 8.42 Å². The second-order valence-corrected chi connectivity index (χ2v) is 6.16. The van der Waals surface area contributed by atoms with Crippen LogP contribution in [0.5, 0.6) is 0 Å². The van der Waals surface area contributed by atoms with E-state index in [1.807, 2.05) is 6.92 Å². The first-order valence-corrected chi connectivity index (χ1v) is 7.76. The molecule has 0 fully saturated rings. The van der Waals surface area contributed by atoms with Gasteiger partial charge in [0.15, 0.2) is 5.03 Å². The number of thiocarbonyl (C=S) groups is 1. The quantitative estimate of drug-likeness (QED) is 0.813. The van der Waals surface area contributed by atoms with Crippen LogP contribution in [0.2, 0.25) is 0 Å². The highest BCUT2D eigenvalue weighted by Gasteiger charge is 2.17.